The molecular formula is C25H33NO. The second kappa shape index (κ2) is 6.04. The van der Waals surface area contributed by atoms with Gasteiger partial charge in [0.05, 0.1) is 6.10 Å². The molecule has 2 nitrogen and oxygen atoms in total. The van der Waals surface area contributed by atoms with Gasteiger partial charge in [0, 0.05) is 12.4 Å². The van der Waals surface area contributed by atoms with Crippen molar-refractivity contribution in [2.45, 2.75) is 71.8 Å². The summed E-state index contributed by atoms with van der Waals surface area (Å²) in [5.74, 6) is 2.35. The van der Waals surface area contributed by atoms with Gasteiger partial charge in [-0.2, -0.15) is 0 Å². The Bertz CT molecular complexity index is 823. The number of aliphatic hydroxyl groups is 1. The highest BCUT2D eigenvalue weighted by molar-refractivity contribution is 5.72. The Kier molecular flexibility index (Phi) is 3.95. The van der Waals surface area contributed by atoms with Crippen molar-refractivity contribution in [2.75, 3.05) is 0 Å². The molecule has 0 aromatic carbocycles. The zero-order valence-electron chi connectivity index (χ0n) is 17.0. The van der Waals surface area contributed by atoms with Crippen molar-refractivity contribution in [1.29, 1.82) is 0 Å². The second-order valence-electron chi connectivity index (χ2n) is 10.2. The average Bonchev–Trinajstić information content (AvgIpc) is 2.99. The van der Waals surface area contributed by atoms with Crippen LogP contribution in [0.2, 0.25) is 0 Å². The number of aliphatic hydroxyl groups excluding tert-OH is 1. The smallest absolute Gasteiger partial charge is 0.0577 e. The summed E-state index contributed by atoms with van der Waals surface area (Å²) in [6, 6.07) is 2.32. The van der Waals surface area contributed by atoms with Crippen LogP contribution < -0.4 is 0 Å². The van der Waals surface area contributed by atoms with Gasteiger partial charge in [0.25, 0.3) is 0 Å². The molecule has 4 aliphatic carbocycles. The number of nitrogens with zero attached hydrogens (tertiary/aromatic N) is 1. The Hall–Kier alpha value is -1.41. The van der Waals surface area contributed by atoms with Crippen LogP contribution in [0.4, 0.5) is 0 Å². The second-order valence-corrected chi connectivity index (χ2v) is 10.2. The fraction of sp³-hybridized carbons (Fsp3) is 0.640. The molecule has 1 aromatic rings. The molecule has 5 rings (SSSR count). The van der Waals surface area contributed by atoms with Crippen molar-refractivity contribution in [3.8, 4) is 0 Å². The molecule has 27 heavy (non-hydrogen) atoms. The van der Waals surface area contributed by atoms with Gasteiger partial charge >= 0.3 is 0 Å². The van der Waals surface area contributed by atoms with Gasteiger partial charge in [-0.05, 0) is 103 Å². The molecule has 2 heteroatoms. The van der Waals surface area contributed by atoms with Crippen LogP contribution in [0.3, 0.4) is 0 Å². The van der Waals surface area contributed by atoms with E-state index in [4.69, 9.17) is 0 Å². The number of aryl methyl sites for hydroxylation is 1. The van der Waals surface area contributed by atoms with Crippen LogP contribution in [0.1, 0.15) is 69.9 Å². The monoisotopic (exact) mass is 363 g/mol. The Morgan fingerprint density at radius 3 is 2.63 bits per heavy atom. The highest BCUT2D eigenvalue weighted by atomic mass is 16.3. The van der Waals surface area contributed by atoms with E-state index >= 15 is 0 Å². The van der Waals surface area contributed by atoms with Crippen molar-refractivity contribution in [1.82, 2.24) is 4.98 Å². The third-order valence-corrected chi connectivity index (χ3v) is 8.84. The molecule has 2 fully saturated rings. The predicted octanol–water partition coefficient (Wildman–Crippen LogP) is 5.71. The molecule has 4 aliphatic rings. The minimum Gasteiger partial charge on any atom is -0.393 e. The van der Waals surface area contributed by atoms with Crippen LogP contribution in [0.25, 0.3) is 5.57 Å². The lowest BCUT2D eigenvalue weighted by Crippen LogP contribution is -2.49. The van der Waals surface area contributed by atoms with Gasteiger partial charge in [0.1, 0.15) is 0 Å². The third kappa shape index (κ3) is 2.52. The summed E-state index contributed by atoms with van der Waals surface area (Å²) >= 11 is 0. The zero-order chi connectivity index (χ0) is 18.8. The van der Waals surface area contributed by atoms with Gasteiger partial charge < -0.3 is 5.11 Å². The van der Waals surface area contributed by atoms with Gasteiger partial charge in [-0.3, -0.25) is 4.98 Å². The SMILES string of the molecule is Cc1cncc(C2=CC[C@H]3[C@@H]4CC=C5C[C@@H](O)CC[C@]5(C)[C@H]4CC[C@]23C)c1. The summed E-state index contributed by atoms with van der Waals surface area (Å²) in [6.45, 7) is 7.19. The van der Waals surface area contributed by atoms with Crippen molar-refractivity contribution in [2.24, 2.45) is 28.6 Å². The van der Waals surface area contributed by atoms with Crippen LogP contribution in [0.15, 0.2) is 36.2 Å². The molecule has 0 amide bonds. The number of aromatic nitrogens is 1. The minimum atomic E-state index is -0.108. The maximum Gasteiger partial charge on any atom is 0.0577 e. The standard InChI is InChI=1S/C25H33NO/c1-16-12-17(15-26-14-16)21-6-7-22-20-5-4-18-13-19(27)8-10-24(18,2)23(20)9-11-25(21,22)3/h4,6,12,14-15,19-20,22-23,27H,5,7-11,13H2,1-3H3/t19-,20-,22-,23-,24-,25+/m0/s1. The van der Waals surface area contributed by atoms with E-state index in [1.165, 1.54) is 43.2 Å². The molecule has 1 heterocycles. The molecule has 0 radical (unpaired) electrons. The van der Waals surface area contributed by atoms with Gasteiger partial charge in [0.2, 0.25) is 0 Å². The lowest BCUT2D eigenvalue weighted by Gasteiger charge is -2.57. The van der Waals surface area contributed by atoms with Crippen LogP contribution in [0, 0.1) is 35.5 Å². The number of hydrogen-bond donors (Lipinski definition) is 1. The lowest BCUT2D eigenvalue weighted by molar-refractivity contribution is -0.0238. The Morgan fingerprint density at radius 2 is 1.81 bits per heavy atom. The number of fused-ring (bicyclic) bond motifs is 5. The van der Waals surface area contributed by atoms with E-state index in [1.54, 1.807) is 11.1 Å². The first kappa shape index (κ1) is 17.7. The van der Waals surface area contributed by atoms with Crippen LogP contribution in [0.5, 0.6) is 0 Å². The highest BCUT2D eigenvalue weighted by Crippen LogP contribution is 2.66. The Labute approximate surface area is 163 Å². The van der Waals surface area contributed by atoms with E-state index in [9.17, 15) is 5.11 Å². The van der Waals surface area contributed by atoms with E-state index in [1.807, 2.05) is 6.20 Å². The van der Waals surface area contributed by atoms with Crippen LogP contribution in [-0.4, -0.2) is 16.2 Å². The van der Waals surface area contributed by atoms with Crippen LogP contribution in [-0.2, 0) is 0 Å². The van der Waals surface area contributed by atoms with E-state index in [0.29, 0.717) is 10.8 Å². The summed E-state index contributed by atoms with van der Waals surface area (Å²) in [4.78, 5) is 4.48. The van der Waals surface area contributed by atoms with Gasteiger partial charge in [-0.1, -0.05) is 31.6 Å². The summed E-state index contributed by atoms with van der Waals surface area (Å²) in [7, 11) is 0. The van der Waals surface area contributed by atoms with Crippen molar-refractivity contribution in [3.05, 3.63) is 47.3 Å². The quantitative estimate of drug-likeness (QED) is 0.649. The highest BCUT2D eigenvalue weighted by Gasteiger charge is 2.56. The summed E-state index contributed by atoms with van der Waals surface area (Å²) in [6.07, 6.45) is 17.1. The van der Waals surface area contributed by atoms with E-state index in [2.05, 4.69) is 50.2 Å². The normalized spacial score (nSPS) is 43.3. The van der Waals surface area contributed by atoms with Gasteiger partial charge in [-0.25, -0.2) is 0 Å². The molecular weight excluding hydrogens is 330 g/mol. The molecule has 0 spiro atoms. The Morgan fingerprint density at radius 1 is 1.00 bits per heavy atom. The molecule has 0 bridgehead atoms. The number of allylic oxidation sites excluding steroid dienone is 3. The van der Waals surface area contributed by atoms with E-state index in [-0.39, 0.29) is 6.10 Å². The van der Waals surface area contributed by atoms with Crippen molar-refractivity contribution in [3.63, 3.8) is 0 Å². The number of rotatable bonds is 1. The maximum absolute atomic E-state index is 10.2. The molecule has 0 saturated heterocycles. The largest absolute Gasteiger partial charge is 0.393 e. The molecule has 1 aromatic heterocycles. The van der Waals surface area contributed by atoms with Crippen molar-refractivity contribution < 1.29 is 5.11 Å². The molecule has 0 aliphatic heterocycles. The minimum absolute atomic E-state index is 0.108. The van der Waals surface area contributed by atoms with E-state index in [0.717, 1.165) is 30.6 Å². The summed E-state index contributed by atoms with van der Waals surface area (Å²) in [5.41, 5.74) is 6.36. The maximum atomic E-state index is 10.2. The van der Waals surface area contributed by atoms with Crippen molar-refractivity contribution >= 4 is 5.57 Å². The fourth-order valence-corrected chi connectivity index (χ4v) is 7.36. The first-order chi connectivity index (χ1) is 12.9. The third-order valence-electron chi connectivity index (χ3n) is 8.84. The topological polar surface area (TPSA) is 33.1 Å². The number of pyridine rings is 1. The molecule has 0 unspecified atom stereocenters. The zero-order valence-corrected chi connectivity index (χ0v) is 17.0. The average molecular weight is 364 g/mol. The van der Waals surface area contributed by atoms with Crippen LogP contribution >= 0.6 is 0 Å². The summed E-state index contributed by atoms with van der Waals surface area (Å²) in [5, 5.41) is 10.2. The first-order valence-electron chi connectivity index (χ1n) is 10.9. The first-order valence-corrected chi connectivity index (χ1v) is 10.9. The predicted molar refractivity (Wildman–Crippen MR) is 110 cm³/mol. The lowest BCUT2D eigenvalue weighted by atomic mass is 9.47. The van der Waals surface area contributed by atoms with Gasteiger partial charge in [-0.15, -0.1) is 0 Å². The fourth-order valence-electron chi connectivity index (χ4n) is 7.36. The Balaban J connectivity index is 1.48. The molecule has 6 atom stereocenters. The molecule has 144 valence electrons. The van der Waals surface area contributed by atoms with Gasteiger partial charge in [0.15, 0.2) is 0 Å². The summed E-state index contributed by atoms with van der Waals surface area (Å²) < 4.78 is 0. The molecule has 2 saturated carbocycles. The number of hydrogen-bond acceptors (Lipinski definition) is 2. The van der Waals surface area contributed by atoms with E-state index < -0.39 is 0 Å². The molecule has 1 N–H and O–H groups in total.